The highest BCUT2D eigenvalue weighted by Gasteiger charge is 2.62. The van der Waals surface area contributed by atoms with Crippen molar-refractivity contribution < 1.29 is 19.2 Å². The summed E-state index contributed by atoms with van der Waals surface area (Å²) in [5.74, 6) is -1.26. The van der Waals surface area contributed by atoms with E-state index in [1.54, 1.807) is 0 Å². The fourth-order valence-corrected chi connectivity index (χ4v) is 5.15. The fourth-order valence-electron chi connectivity index (χ4n) is 5.15. The zero-order valence-corrected chi connectivity index (χ0v) is 13.8. The van der Waals surface area contributed by atoms with Gasteiger partial charge in [-0.1, -0.05) is 0 Å². The van der Waals surface area contributed by atoms with Crippen LogP contribution in [-0.4, -0.2) is 47.2 Å². The van der Waals surface area contributed by atoms with E-state index in [2.05, 4.69) is 10.6 Å². The van der Waals surface area contributed by atoms with Crippen LogP contribution in [0, 0.1) is 23.7 Å². The molecule has 2 heterocycles. The first kappa shape index (κ1) is 15.7. The van der Waals surface area contributed by atoms with E-state index in [-0.39, 0.29) is 35.6 Å². The Morgan fingerprint density at radius 3 is 2.29 bits per heavy atom. The van der Waals surface area contributed by atoms with E-state index in [9.17, 15) is 19.2 Å². The molecule has 4 fully saturated rings. The lowest BCUT2D eigenvalue weighted by Gasteiger charge is -2.24. The van der Waals surface area contributed by atoms with Gasteiger partial charge in [0.1, 0.15) is 6.04 Å². The second-order valence-corrected chi connectivity index (χ2v) is 7.61. The van der Waals surface area contributed by atoms with E-state index < -0.39 is 11.9 Å². The van der Waals surface area contributed by atoms with E-state index in [4.69, 9.17) is 0 Å². The van der Waals surface area contributed by atoms with Gasteiger partial charge in [0, 0.05) is 0 Å². The minimum Gasteiger partial charge on any atom is -0.306 e. The van der Waals surface area contributed by atoms with Crippen LogP contribution in [0.2, 0.25) is 0 Å². The van der Waals surface area contributed by atoms with Crippen molar-refractivity contribution >= 4 is 23.6 Å². The second kappa shape index (κ2) is 5.65. The summed E-state index contributed by atoms with van der Waals surface area (Å²) in [5, 5.41) is 5.39. The molecule has 2 aliphatic carbocycles. The summed E-state index contributed by atoms with van der Waals surface area (Å²) in [7, 11) is 0. The van der Waals surface area contributed by atoms with Crippen molar-refractivity contribution in [3.8, 4) is 0 Å². The molecule has 0 aromatic carbocycles. The zero-order valence-electron chi connectivity index (χ0n) is 13.8. The first-order valence-corrected chi connectivity index (χ1v) is 8.94. The molecule has 7 nitrogen and oxygen atoms in total. The van der Waals surface area contributed by atoms with Crippen molar-refractivity contribution in [2.24, 2.45) is 23.7 Å². The van der Waals surface area contributed by atoms with Crippen LogP contribution in [0.5, 0.6) is 0 Å². The van der Waals surface area contributed by atoms with Crippen molar-refractivity contribution in [3.63, 3.8) is 0 Å². The third-order valence-corrected chi connectivity index (χ3v) is 6.35. The van der Waals surface area contributed by atoms with Crippen LogP contribution in [-0.2, 0) is 19.2 Å². The minimum absolute atomic E-state index is 0.216. The minimum atomic E-state index is -0.930. The van der Waals surface area contributed by atoms with Crippen LogP contribution < -0.4 is 10.6 Å². The molecule has 6 unspecified atom stereocenters. The van der Waals surface area contributed by atoms with Gasteiger partial charge >= 0.3 is 0 Å². The Bertz CT molecular complexity index is 585. The van der Waals surface area contributed by atoms with Crippen LogP contribution in [0.3, 0.4) is 0 Å². The van der Waals surface area contributed by atoms with Crippen LogP contribution in [0.1, 0.15) is 39.0 Å². The summed E-state index contributed by atoms with van der Waals surface area (Å²) in [6.07, 6.45) is 4.57. The largest absolute Gasteiger partial charge is 0.306 e. The van der Waals surface area contributed by atoms with Crippen molar-refractivity contribution in [2.45, 2.75) is 51.1 Å². The third-order valence-electron chi connectivity index (χ3n) is 6.35. The molecule has 4 rings (SSSR count). The number of likely N-dealkylation sites (tertiary alicyclic amines) is 1. The average molecular weight is 333 g/mol. The lowest BCUT2D eigenvalue weighted by molar-refractivity contribution is -0.149. The van der Waals surface area contributed by atoms with Crippen molar-refractivity contribution in [3.05, 3.63) is 0 Å². The van der Waals surface area contributed by atoms with E-state index in [0.29, 0.717) is 18.3 Å². The molecule has 0 spiro atoms. The smallest absolute Gasteiger partial charge is 0.249 e. The molecule has 2 saturated heterocycles. The van der Waals surface area contributed by atoms with Gasteiger partial charge in [0.25, 0.3) is 0 Å². The third kappa shape index (κ3) is 2.21. The number of hydrogen-bond donors (Lipinski definition) is 2. The number of rotatable bonds is 3. The van der Waals surface area contributed by atoms with Gasteiger partial charge in [0.2, 0.25) is 23.6 Å². The van der Waals surface area contributed by atoms with Crippen LogP contribution in [0.15, 0.2) is 0 Å². The van der Waals surface area contributed by atoms with Gasteiger partial charge in [-0.05, 0) is 57.4 Å². The number of fused-ring (bicyclic) bond motifs is 5. The summed E-state index contributed by atoms with van der Waals surface area (Å²) in [6, 6.07) is -1.29. The van der Waals surface area contributed by atoms with E-state index in [0.717, 1.165) is 37.1 Å². The van der Waals surface area contributed by atoms with Gasteiger partial charge in [0.05, 0.1) is 17.9 Å². The monoisotopic (exact) mass is 333 g/mol. The Morgan fingerprint density at radius 1 is 1.12 bits per heavy atom. The molecule has 130 valence electrons. The Kier molecular flexibility index (Phi) is 3.71. The number of hydrogen-bond acceptors (Lipinski definition) is 5. The summed E-state index contributed by atoms with van der Waals surface area (Å²) in [5.41, 5.74) is 0. The first-order chi connectivity index (χ1) is 11.5. The lowest BCUT2D eigenvalue weighted by atomic mass is 9.81. The molecule has 2 bridgehead atoms. The zero-order chi connectivity index (χ0) is 17.0. The van der Waals surface area contributed by atoms with E-state index in [1.807, 2.05) is 0 Å². The summed E-state index contributed by atoms with van der Waals surface area (Å²) < 4.78 is 0. The molecule has 24 heavy (non-hydrogen) atoms. The number of carbonyl (C=O) groups is 4. The lowest BCUT2D eigenvalue weighted by Crippen LogP contribution is -2.52. The summed E-state index contributed by atoms with van der Waals surface area (Å²) in [4.78, 5) is 51.0. The standard InChI is InChI=1S/C17H23N3O4/c1-8(14(21)19-15(22)11-3-2-6-18-11)20-16(23)12-9-4-5-10(7-9)13(12)17(20)24/h8-13,18H,2-7H2,1H3,(H,19,21,22). The molecule has 2 saturated carbocycles. The number of nitrogens with zero attached hydrogens (tertiary/aromatic N) is 1. The van der Waals surface area contributed by atoms with Gasteiger partial charge < -0.3 is 5.32 Å². The number of amides is 4. The highest BCUT2D eigenvalue weighted by Crippen LogP contribution is 2.56. The number of nitrogens with one attached hydrogen (secondary N) is 2. The van der Waals surface area contributed by atoms with Gasteiger partial charge in [-0.2, -0.15) is 0 Å². The van der Waals surface area contributed by atoms with Crippen LogP contribution in [0.25, 0.3) is 0 Å². The second-order valence-electron chi connectivity index (χ2n) is 7.61. The predicted octanol–water partition coefficient (Wildman–Crippen LogP) is -0.199. The van der Waals surface area contributed by atoms with Gasteiger partial charge in [-0.15, -0.1) is 0 Å². The molecule has 2 N–H and O–H groups in total. The van der Waals surface area contributed by atoms with E-state index in [1.165, 1.54) is 6.92 Å². The van der Waals surface area contributed by atoms with Gasteiger partial charge in [-0.3, -0.25) is 29.4 Å². The normalized spacial score (nSPS) is 38.5. The molecule has 7 heteroatoms. The number of carbonyl (C=O) groups excluding carboxylic acids is 4. The summed E-state index contributed by atoms with van der Waals surface area (Å²) in [6.45, 7) is 2.29. The van der Waals surface area contributed by atoms with Crippen molar-refractivity contribution in [2.75, 3.05) is 6.54 Å². The van der Waals surface area contributed by atoms with Crippen LogP contribution >= 0.6 is 0 Å². The van der Waals surface area contributed by atoms with Crippen molar-refractivity contribution in [1.29, 1.82) is 0 Å². The summed E-state index contributed by atoms with van der Waals surface area (Å²) >= 11 is 0. The Balaban J connectivity index is 1.45. The molecule has 4 aliphatic rings. The van der Waals surface area contributed by atoms with Crippen LogP contribution in [0.4, 0.5) is 0 Å². The van der Waals surface area contributed by atoms with Gasteiger partial charge in [0.15, 0.2) is 0 Å². The highest BCUT2D eigenvalue weighted by atomic mass is 16.2. The molecular formula is C17H23N3O4. The Hall–Kier alpha value is -1.76. The quantitative estimate of drug-likeness (QED) is 0.698. The Labute approximate surface area is 140 Å². The van der Waals surface area contributed by atoms with Gasteiger partial charge in [-0.25, -0.2) is 0 Å². The molecule has 6 atom stereocenters. The topological polar surface area (TPSA) is 95.6 Å². The number of imide groups is 2. The van der Waals surface area contributed by atoms with Crippen molar-refractivity contribution in [1.82, 2.24) is 15.5 Å². The van der Waals surface area contributed by atoms with E-state index >= 15 is 0 Å². The molecule has 2 aliphatic heterocycles. The highest BCUT2D eigenvalue weighted by molar-refractivity contribution is 6.10. The average Bonchev–Trinajstić information content (AvgIpc) is 3.31. The fraction of sp³-hybridized carbons (Fsp3) is 0.765. The molecule has 0 aromatic heterocycles. The maximum absolute atomic E-state index is 12.7. The first-order valence-electron chi connectivity index (χ1n) is 8.94. The maximum Gasteiger partial charge on any atom is 0.249 e. The molecule has 4 amide bonds. The molecular weight excluding hydrogens is 310 g/mol. The maximum atomic E-state index is 12.7. The molecule has 0 radical (unpaired) electrons. The Morgan fingerprint density at radius 2 is 1.75 bits per heavy atom. The SMILES string of the molecule is CC(C(=O)NC(=O)C1CCCN1)N1C(=O)C2C3CCC(C3)C2C1=O. The predicted molar refractivity (Wildman–Crippen MR) is 83.3 cm³/mol. The molecule has 0 aromatic rings.